The van der Waals surface area contributed by atoms with Gasteiger partial charge in [0.1, 0.15) is 14.8 Å². The highest BCUT2D eigenvalue weighted by Crippen LogP contribution is 2.39. The second kappa shape index (κ2) is 6.42. The molecule has 1 atom stereocenters. The molecular weight excluding hydrogens is 304 g/mol. The molecule has 0 bridgehead atoms. The molecule has 9 heteroatoms. The highest BCUT2D eigenvalue weighted by atomic mass is 32.2. The number of nitrogen functional groups attached to an aromatic ring is 1. The predicted molar refractivity (Wildman–Crippen MR) is 78.1 cm³/mol. The van der Waals surface area contributed by atoms with Gasteiger partial charge in [0.25, 0.3) is 0 Å². The number of nitrogens with one attached hydrogen (secondary N) is 1. The van der Waals surface area contributed by atoms with E-state index in [1.165, 1.54) is 14.2 Å². The number of anilines is 2. The fourth-order valence-electron chi connectivity index (χ4n) is 1.65. The zero-order valence-electron chi connectivity index (χ0n) is 11.7. The van der Waals surface area contributed by atoms with E-state index in [0.717, 1.165) is 17.6 Å². The summed E-state index contributed by atoms with van der Waals surface area (Å²) in [6.45, 7) is 2.21. The second-order valence-corrected chi connectivity index (χ2v) is 7.24. The third-order valence-electron chi connectivity index (χ3n) is 2.44. The van der Waals surface area contributed by atoms with Gasteiger partial charge in [0, 0.05) is 19.4 Å². The average Bonchev–Trinajstić information content (AvgIpc) is 2.65. The van der Waals surface area contributed by atoms with Gasteiger partial charge in [-0.1, -0.05) is 0 Å². The number of thiophene rings is 1. The first-order valence-electron chi connectivity index (χ1n) is 5.68. The van der Waals surface area contributed by atoms with Crippen LogP contribution >= 0.6 is 11.3 Å². The third-order valence-corrected chi connectivity index (χ3v) is 4.85. The summed E-state index contributed by atoms with van der Waals surface area (Å²) < 4.78 is 33.3. The van der Waals surface area contributed by atoms with Gasteiger partial charge in [-0.2, -0.15) is 0 Å². The Hall–Kier alpha value is -1.32. The Kier molecular flexibility index (Phi) is 5.37. The van der Waals surface area contributed by atoms with E-state index in [-0.39, 0.29) is 21.5 Å². The average molecular weight is 322 g/mol. The van der Waals surface area contributed by atoms with Crippen molar-refractivity contribution in [2.24, 2.45) is 0 Å². The van der Waals surface area contributed by atoms with Crippen LogP contribution in [0.1, 0.15) is 16.6 Å². The minimum Gasteiger partial charge on any atom is -0.465 e. The number of ether oxygens (including phenoxy) is 2. The minimum absolute atomic E-state index is 0.0695. The van der Waals surface area contributed by atoms with E-state index in [1.54, 1.807) is 0 Å². The zero-order valence-corrected chi connectivity index (χ0v) is 13.4. The molecule has 1 aromatic heterocycles. The summed E-state index contributed by atoms with van der Waals surface area (Å²) >= 11 is 0.954. The van der Waals surface area contributed by atoms with E-state index in [4.69, 9.17) is 10.5 Å². The van der Waals surface area contributed by atoms with Crippen molar-refractivity contribution in [3.8, 4) is 0 Å². The fourth-order valence-corrected chi connectivity index (χ4v) is 4.24. The summed E-state index contributed by atoms with van der Waals surface area (Å²) in [4.78, 5) is 11.6. The molecule has 1 rings (SSSR count). The Labute approximate surface area is 122 Å². The van der Waals surface area contributed by atoms with Gasteiger partial charge in [-0.25, -0.2) is 13.2 Å². The molecule has 0 saturated carbocycles. The Balaban J connectivity index is 3.32. The quantitative estimate of drug-likeness (QED) is 0.751. The van der Waals surface area contributed by atoms with Crippen LogP contribution in [0.25, 0.3) is 0 Å². The van der Waals surface area contributed by atoms with Crippen molar-refractivity contribution >= 4 is 37.8 Å². The van der Waals surface area contributed by atoms with Gasteiger partial charge >= 0.3 is 5.97 Å². The molecule has 0 aromatic carbocycles. The Morgan fingerprint density at radius 2 is 2.05 bits per heavy atom. The number of rotatable bonds is 6. The first-order valence-corrected chi connectivity index (χ1v) is 8.39. The largest absolute Gasteiger partial charge is 0.465 e. The molecule has 0 aliphatic heterocycles. The molecule has 1 unspecified atom stereocenters. The lowest BCUT2D eigenvalue weighted by Crippen LogP contribution is -2.21. The minimum atomic E-state index is -3.57. The number of nitrogens with two attached hydrogens (primary N) is 1. The maximum Gasteiger partial charge on any atom is 0.350 e. The summed E-state index contributed by atoms with van der Waals surface area (Å²) in [5.74, 6) is -0.662. The lowest BCUT2D eigenvalue weighted by Gasteiger charge is -2.13. The Morgan fingerprint density at radius 3 is 2.50 bits per heavy atom. The van der Waals surface area contributed by atoms with E-state index < -0.39 is 15.8 Å². The summed E-state index contributed by atoms with van der Waals surface area (Å²) in [5, 5.41) is 3.30. The fraction of sp³-hybridized carbons (Fsp3) is 0.545. The molecule has 20 heavy (non-hydrogen) atoms. The van der Waals surface area contributed by atoms with Crippen molar-refractivity contribution in [3.63, 3.8) is 0 Å². The van der Waals surface area contributed by atoms with Crippen molar-refractivity contribution in [1.82, 2.24) is 0 Å². The number of carbonyl (C=O) groups is 1. The maximum atomic E-state index is 11.8. The van der Waals surface area contributed by atoms with E-state index >= 15 is 0 Å². The monoisotopic (exact) mass is 322 g/mol. The van der Waals surface area contributed by atoms with Crippen LogP contribution in [0, 0.1) is 0 Å². The molecule has 114 valence electrons. The molecule has 7 nitrogen and oxygen atoms in total. The molecule has 0 spiro atoms. The summed E-state index contributed by atoms with van der Waals surface area (Å²) in [6, 6.07) is -0.135. The number of carbonyl (C=O) groups excluding carboxylic acids is 1. The van der Waals surface area contributed by atoms with Crippen LogP contribution in [0.5, 0.6) is 0 Å². The Morgan fingerprint density at radius 1 is 1.45 bits per heavy atom. The normalized spacial score (nSPS) is 13.0. The molecule has 0 aliphatic rings. The molecule has 0 radical (unpaired) electrons. The van der Waals surface area contributed by atoms with Gasteiger partial charge < -0.3 is 20.5 Å². The number of esters is 1. The highest BCUT2D eigenvalue weighted by Gasteiger charge is 2.28. The summed E-state index contributed by atoms with van der Waals surface area (Å²) in [7, 11) is -0.821. The van der Waals surface area contributed by atoms with Crippen molar-refractivity contribution < 1.29 is 22.7 Å². The molecule has 1 aromatic rings. The van der Waals surface area contributed by atoms with Gasteiger partial charge in [0.15, 0.2) is 9.84 Å². The van der Waals surface area contributed by atoms with Crippen LogP contribution in [0.2, 0.25) is 0 Å². The maximum absolute atomic E-state index is 11.8. The number of methoxy groups -OCH3 is 2. The molecule has 3 N–H and O–H groups in total. The van der Waals surface area contributed by atoms with Crippen molar-refractivity contribution in [2.75, 3.05) is 38.1 Å². The predicted octanol–water partition coefficient (Wildman–Crippen LogP) is 0.967. The SMILES string of the molecule is COCC(C)Nc1sc(C(=O)OC)c(N)c1S(C)(=O)=O. The van der Waals surface area contributed by atoms with Gasteiger partial charge in [-0.05, 0) is 6.92 Å². The van der Waals surface area contributed by atoms with Crippen molar-refractivity contribution in [1.29, 1.82) is 0 Å². The molecular formula is C11H18N2O5S2. The molecule has 0 aliphatic carbocycles. The number of hydrogen-bond acceptors (Lipinski definition) is 8. The number of hydrogen-bond donors (Lipinski definition) is 2. The molecule has 0 saturated heterocycles. The lowest BCUT2D eigenvalue weighted by atomic mass is 10.3. The lowest BCUT2D eigenvalue weighted by molar-refractivity contribution is 0.0607. The van der Waals surface area contributed by atoms with Crippen LogP contribution in [-0.4, -0.2) is 47.5 Å². The third kappa shape index (κ3) is 3.62. The van der Waals surface area contributed by atoms with E-state index in [0.29, 0.717) is 11.6 Å². The number of sulfone groups is 1. The van der Waals surface area contributed by atoms with Crippen LogP contribution in [0.15, 0.2) is 4.90 Å². The van der Waals surface area contributed by atoms with Gasteiger partial charge in [-0.15, -0.1) is 11.3 Å². The smallest absolute Gasteiger partial charge is 0.350 e. The van der Waals surface area contributed by atoms with Gasteiger partial charge in [0.2, 0.25) is 0 Å². The highest BCUT2D eigenvalue weighted by molar-refractivity contribution is 7.91. The van der Waals surface area contributed by atoms with E-state index in [2.05, 4.69) is 10.1 Å². The first kappa shape index (κ1) is 16.7. The van der Waals surface area contributed by atoms with Crippen LogP contribution in [0.4, 0.5) is 10.7 Å². The molecule has 1 heterocycles. The zero-order chi connectivity index (χ0) is 15.5. The van der Waals surface area contributed by atoms with Gasteiger partial charge in [-0.3, -0.25) is 0 Å². The van der Waals surface area contributed by atoms with Crippen LogP contribution in [-0.2, 0) is 19.3 Å². The molecule has 0 amide bonds. The van der Waals surface area contributed by atoms with E-state index in [1.807, 2.05) is 6.92 Å². The topological polar surface area (TPSA) is 108 Å². The van der Waals surface area contributed by atoms with Crippen molar-refractivity contribution in [3.05, 3.63) is 4.88 Å². The van der Waals surface area contributed by atoms with E-state index in [9.17, 15) is 13.2 Å². The second-order valence-electron chi connectivity index (χ2n) is 4.27. The van der Waals surface area contributed by atoms with Crippen LogP contribution in [0.3, 0.4) is 0 Å². The standard InChI is InChI=1S/C11H18N2O5S2/c1-6(5-17-2)13-10-9(20(4,15)16)7(12)8(19-10)11(14)18-3/h6,13H,5,12H2,1-4H3. The Bertz CT molecular complexity index is 594. The van der Waals surface area contributed by atoms with Crippen molar-refractivity contribution in [2.45, 2.75) is 17.9 Å². The summed E-state index contributed by atoms with van der Waals surface area (Å²) in [5.41, 5.74) is 5.69. The van der Waals surface area contributed by atoms with Gasteiger partial charge in [0.05, 0.1) is 19.4 Å². The van der Waals surface area contributed by atoms with Crippen LogP contribution < -0.4 is 11.1 Å². The summed E-state index contributed by atoms with van der Waals surface area (Å²) in [6.07, 6.45) is 1.04. The molecule has 0 fully saturated rings. The first-order chi connectivity index (χ1) is 9.22.